The molecular weight excluding hydrogens is 266 g/mol. The van der Waals surface area contributed by atoms with Crippen molar-refractivity contribution in [1.82, 2.24) is 0 Å². The number of nitrogens with zero attached hydrogens (tertiary/aromatic N) is 3. The molecule has 0 aliphatic heterocycles. The number of hydrogen-bond acceptors (Lipinski definition) is 6. The maximum absolute atomic E-state index is 11.1. The molecule has 20 heavy (non-hydrogen) atoms. The molecular formula is C12H21N3O5. The van der Waals surface area contributed by atoms with Crippen molar-refractivity contribution in [3.8, 4) is 0 Å². The van der Waals surface area contributed by atoms with Crippen molar-refractivity contribution < 1.29 is 15.1 Å². The Morgan fingerprint density at radius 3 is 2.15 bits per heavy atom. The van der Waals surface area contributed by atoms with Crippen molar-refractivity contribution in [3.05, 3.63) is 20.2 Å². The summed E-state index contributed by atoms with van der Waals surface area (Å²) < 4.78 is 0. The zero-order valence-electron chi connectivity index (χ0n) is 11.4. The second kappa shape index (κ2) is 8.44. The SMILES string of the molecule is O=[N+]([O-])C1CCCCCCCC/C(=N\O)C([N+](=O)[O-])C1. The van der Waals surface area contributed by atoms with Crippen LogP contribution in [0, 0.1) is 20.2 Å². The van der Waals surface area contributed by atoms with Gasteiger partial charge >= 0.3 is 0 Å². The maximum Gasteiger partial charge on any atom is 0.260 e. The molecule has 1 N–H and O–H groups in total. The van der Waals surface area contributed by atoms with E-state index in [2.05, 4.69) is 5.16 Å². The first-order chi connectivity index (χ1) is 9.56. The molecule has 2 unspecified atom stereocenters. The molecule has 0 heterocycles. The topological polar surface area (TPSA) is 119 Å². The van der Waals surface area contributed by atoms with Crippen molar-refractivity contribution in [3.63, 3.8) is 0 Å². The number of hydrogen-bond donors (Lipinski definition) is 1. The van der Waals surface area contributed by atoms with E-state index in [1.165, 1.54) is 0 Å². The lowest BCUT2D eigenvalue weighted by Crippen LogP contribution is -2.36. The molecule has 0 aromatic heterocycles. The lowest BCUT2D eigenvalue weighted by molar-refractivity contribution is -0.551. The second-order valence-electron chi connectivity index (χ2n) is 5.23. The van der Waals surface area contributed by atoms with Gasteiger partial charge in [0.05, 0.1) is 6.42 Å². The summed E-state index contributed by atoms with van der Waals surface area (Å²) >= 11 is 0. The van der Waals surface area contributed by atoms with Crippen LogP contribution in [0.2, 0.25) is 0 Å². The van der Waals surface area contributed by atoms with E-state index in [4.69, 9.17) is 5.21 Å². The Morgan fingerprint density at radius 2 is 1.60 bits per heavy atom. The molecule has 0 amide bonds. The van der Waals surface area contributed by atoms with Gasteiger partial charge in [-0.2, -0.15) is 0 Å². The molecule has 8 nitrogen and oxygen atoms in total. The fourth-order valence-corrected chi connectivity index (χ4v) is 2.59. The summed E-state index contributed by atoms with van der Waals surface area (Å²) in [6.45, 7) is 0. The van der Waals surface area contributed by atoms with Crippen molar-refractivity contribution in [2.45, 2.75) is 69.9 Å². The van der Waals surface area contributed by atoms with Gasteiger partial charge in [-0.3, -0.25) is 20.2 Å². The van der Waals surface area contributed by atoms with Crippen LogP contribution >= 0.6 is 0 Å². The summed E-state index contributed by atoms with van der Waals surface area (Å²) in [5.41, 5.74) is 0.0578. The minimum Gasteiger partial charge on any atom is -0.411 e. The molecule has 0 saturated heterocycles. The zero-order chi connectivity index (χ0) is 15.0. The van der Waals surface area contributed by atoms with Crippen LogP contribution in [0.4, 0.5) is 0 Å². The monoisotopic (exact) mass is 287 g/mol. The average molecular weight is 287 g/mol. The smallest absolute Gasteiger partial charge is 0.260 e. The van der Waals surface area contributed by atoms with Crippen LogP contribution in [-0.4, -0.2) is 32.8 Å². The molecule has 1 rings (SSSR count). The van der Waals surface area contributed by atoms with Crippen molar-refractivity contribution in [1.29, 1.82) is 0 Å². The molecule has 1 fully saturated rings. The van der Waals surface area contributed by atoms with Gasteiger partial charge in [-0.25, -0.2) is 0 Å². The van der Waals surface area contributed by atoms with Gasteiger partial charge in [0.2, 0.25) is 6.04 Å². The average Bonchev–Trinajstić information content (AvgIpc) is 2.38. The Balaban J connectivity index is 2.86. The van der Waals surface area contributed by atoms with E-state index in [9.17, 15) is 20.2 Å². The number of nitro groups is 2. The molecule has 8 heteroatoms. The largest absolute Gasteiger partial charge is 0.411 e. The quantitative estimate of drug-likeness (QED) is 0.475. The lowest BCUT2D eigenvalue weighted by Gasteiger charge is -2.15. The van der Waals surface area contributed by atoms with Gasteiger partial charge in [-0.05, 0) is 19.3 Å². The first-order valence-electron chi connectivity index (χ1n) is 7.04. The summed E-state index contributed by atoms with van der Waals surface area (Å²) in [5.74, 6) is 0. The summed E-state index contributed by atoms with van der Waals surface area (Å²) in [7, 11) is 0. The van der Waals surface area contributed by atoms with Crippen LogP contribution in [0.3, 0.4) is 0 Å². The van der Waals surface area contributed by atoms with Crippen LogP contribution in [0.1, 0.15) is 57.8 Å². The molecule has 114 valence electrons. The van der Waals surface area contributed by atoms with Gasteiger partial charge < -0.3 is 5.21 Å². The highest BCUT2D eigenvalue weighted by atomic mass is 16.6. The third-order valence-electron chi connectivity index (χ3n) is 3.78. The van der Waals surface area contributed by atoms with Gasteiger partial charge in [-0.1, -0.05) is 30.8 Å². The molecule has 0 bridgehead atoms. The summed E-state index contributed by atoms with van der Waals surface area (Å²) in [6, 6.07) is -2.20. The maximum atomic E-state index is 11.1. The highest BCUT2D eigenvalue weighted by Crippen LogP contribution is 2.19. The zero-order valence-corrected chi connectivity index (χ0v) is 11.4. The fourth-order valence-electron chi connectivity index (χ4n) is 2.59. The number of oxime groups is 1. The van der Waals surface area contributed by atoms with Crippen LogP contribution in [0.5, 0.6) is 0 Å². The molecule has 1 saturated carbocycles. The fraction of sp³-hybridized carbons (Fsp3) is 0.917. The van der Waals surface area contributed by atoms with E-state index in [1.807, 2.05) is 0 Å². The molecule has 1 aliphatic carbocycles. The van der Waals surface area contributed by atoms with Gasteiger partial charge in [0.1, 0.15) is 5.71 Å². The first-order valence-corrected chi connectivity index (χ1v) is 7.04. The van der Waals surface area contributed by atoms with Crippen molar-refractivity contribution in [2.75, 3.05) is 0 Å². The predicted molar refractivity (Wildman–Crippen MR) is 72.3 cm³/mol. The minimum absolute atomic E-state index is 0.0578. The van der Waals surface area contributed by atoms with E-state index < -0.39 is 21.9 Å². The highest BCUT2D eigenvalue weighted by Gasteiger charge is 2.35. The third kappa shape index (κ3) is 5.10. The molecule has 0 aromatic carbocycles. The van der Waals surface area contributed by atoms with Crippen LogP contribution in [-0.2, 0) is 0 Å². The lowest BCUT2D eigenvalue weighted by atomic mass is 9.94. The van der Waals surface area contributed by atoms with E-state index in [0.717, 1.165) is 25.7 Å². The normalized spacial score (nSPS) is 28.3. The first kappa shape index (κ1) is 16.3. The van der Waals surface area contributed by atoms with E-state index in [0.29, 0.717) is 25.7 Å². The second-order valence-corrected chi connectivity index (χ2v) is 5.23. The van der Waals surface area contributed by atoms with Gasteiger partial charge in [0.25, 0.3) is 6.04 Å². The van der Waals surface area contributed by atoms with Crippen molar-refractivity contribution in [2.24, 2.45) is 5.16 Å². The third-order valence-corrected chi connectivity index (χ3v) is 3.78. The van der Waals surface area contributed by atoms with Gasteiger partial charge in [0, 0.05) is 16.3 Å². The predicted octanol–water partition coefficient (Wildman–Crippen LogP) is 2.63. The molecule has 2 atom stereocenters. The molecule has 0 radical (unpaired) electrons. The van der Waals surface area contributed by atoms with Crippen LogP contribution < -0.4 is 0 Å². The van der Waals surface area contributed by atoms with E-state index >= 15 is 0 Å². The van der Waals surface area contributed by atoms with E-state index in [1.54, 1.807) is 0 Å². The standard InChI is InChI=1S/C12H21N3O5/c16-13-11-8-6-4-2-1-3-5-7-10(14(17)18)9-12(11)15(19)20/h10,12,16H,1-9H2/b13-11+. The van der Waals surface area contributed by atoms with Crippen molar-refractivity contribution >= 4 is 5.71 Å². The molecule has 0 aromatic rings. The summed E-state index contributed by atoms with van der Waals surface area (Å²) in [4.78, 5) is 21.1. The van der Waals surface area contributed by atoms with Crippen LogP contribution in [0.25, 0.3) is 0 Å². The Kier molecular flexibility index (Phi) is 6.89. The molecule has 1 aliphatic rings. The summed E-state index contributed by atoms with van der Waals surface area (Å²) in [6.07, 6.45) is 5.78. The minimum atomic E-state index is -1.25. The van der Waals surface area contributed by atoms with Gasteiger partial charge in [-0.15, -0.1) is 0 Å². The Labute approximate surface area is 117 Å². The Morgan fingerprint density at radius 1 is 1.00 bits per heavy atom. The highest BCUT2D eigenvalue weighted by molar-refractivity contribution is 5.88. The Hall–Kier alpha value is -1.73. The van der Waals surface area contributed by atoms with Gasteiger partial charge in [0.15, 0.2) is 0 Å². The summed E-state index contributed by atoms with van der Waals surface area (Å²) in [5, 5.41) is 34.1. The Bertz CT molecular complexity index is 372. The van der Waals surface area contributed by atoms with Crippen LogP contribution in [0.15, 0.2) is 5.16 Å². The van der Waals surface area contributed by atoms with E-state index in [-0.39, 0.29) is 12.1 Å². The number of rotatable bonds is 2. The molecule has 0 spiro atoms.